The monoisotopic (exact) mass is 312 g/mol. The summed E-state index contributed by atoms with van der Waals surface area (Å²) in [6.45, 7) is 1.14. The number of halogens is 1. The van der Waals surface area contributed by atoms with Crippen molar-refractivity contribution in [3.63, 3.8) is 0 Å². The minimum Gasteiger partial charge on any atom is -0.396 e. The fourth-order valence-electron chi connectivity index (χ4n) is 3.62. The number of nitrogen functional groups attached to an aromatic ring is 1. The zero-order chi connectivity index (χ0) is 15.0. The van der Waals surface area contributed by atoms with Crippen molar-refractivity contribution in [1.29, 1.82) is 0 Å². The van der Waals surface area contributed by atoms with Crippen LogP contribution in [0.1, 0.15) is 32.1 Å². The van der Waals surface area contributed by atoms with E-state index >= 15 is 0 Å². The molecule has 116 valence electrons. The summed E-state index contributed by atoms with van der Waals surface area (Å²) in [5.41, 5.74) is 5.37. The molecule has 0 radical (unpaired) electrons. The van der Waals surface area contributed by atoms with Gasteiger partial charge in [0, 0.05) is 13.1 Å². The minimum absolute atomic E-state index is 0.0932. The quantitative estimate of drug-likeness (QED) is 0.854. The van der Waals surface area contributed by atoms with E-state index in [9.17, 15) is 12.8 Å². The first-order valence-electron chi connectivity index (χ1n) is 7.53. The number of benzene rings is 1. The Balaban J connectivity index is 1.83. The molecular weight excluding hydrogens is 291 g/mol. The highest BCUT2D eigenvalue weighted by atomic mass is 32.2. The SMILES string of the molecule is Nc1cc(S(=O)(=O)N2CCC3CCCCC3C2)ccc1F. The Bertz CT molecular complexity index is 633. The van der Waals surface area contributed by atoms with Gasteiger partial charge >= 0.3 is 0 Å². The topological polar surface area (TPSA) is 63.4 Å². The van der Waals surface area contributed by atoms with Gasteiger partial charge in [-0.05, 0) is 42.9 Å². The molecule has 2 fully saturated rings. The summed E-state index contributed by atoms with van der Waals surface area (Å²) in [5.74, 6) is 0.559. The lowest BCUT2D eigenvalue weighted by molar-refractivity contribution is 0.136. The predicted molar refractivity (Wildman–Crippen MR) is 79.6 cm³/mol. The van der Waals surface area contributed by atoms with Gasteiger partial charge in [-0.2, -0.15) is 4.31 Å². The number of sulfonamides is 1. The van der Waals surface area contributed by atoms with E-state index in [1.54, 1.807) is 4.31 Å². The van der Waals surface area contributed by atoms with Gasteiger partial charge in [-0.25, -0.2) is 12.8 Å². The van der Waals surface area contributed by atoms with Crippen LogP contribution in [-0.4, -0.2) is 25.8 Å². The van der Waals surface area contributed by atoms with Gasteiger partial charge in [0.2, 0.25) is 10.0 Å². The Kier molecular flexibility index (Phi) is 3.92. The molecular formula is C15H21FN2O2S. The summed E-state index contributed by atoms with van der Waals surface area (Å²) in [6, 6.07) is 3.64. The highest BCUT2D eigenvalue weighted by molar-refractivity contribution is 7.89. The summed E-state index contributed by atoms with van der Waals surface area (Å²) in [6.07, 6.45) is 5.73. The molecule has 2 atom stereocenters. The smallest absolute Gasteiger partial charge is 0.243 e. The lowest BCUT2D eigenvalue weighted by atomic mass is 9.76. The molecule has 6 heteroatoms. The van der Waals surface area contributed by atoms with E-state index in [0.717, 1.165) is 18.9 Å². The van der Waals surface area contributed by atoms with Gasteiger partial charge in [-0.1, -0.05) is 19.3 Å². The van der Waals surface area contributed by atoms with Crippen LogP contribution < -0.4 is 5.73 Å². The van der Waals surface area contributed by atoms with Gasteiger partial charge < -0.3 is 5.73 Å². The van der Waals surface area contributed by atoms with E-state index in [1.807, 2.05) is 0 Å². The molecule has 0 spiro atoms. The number of hydrogen-bond acceptors (Lipinski definition) is 3. The van der Waals surface area contributed by atoms with Gasteiger partial charge in [0.25, 0.3) is 0 Å². The van der Waals surface area contributed by atoms with Crippen LogP contribution >= 0.6 is 0 Å². The summed E-state index contributed by atoms with van der Waals surface area (Å²) in [5, 5.41) is 0. The van der Waals surface area contributed by atoms with E-state index in [1.165, 1.54) is 31.4 Å². The molecule has 1 aromatic rings. The van der Waals surface area contributed by atoms with Crippen molar-refractivity contribution < 1.29 is 12.8 Å². The molecule has 4 nitrogen and oxygen atoms in total. The first kappa shape index (κ1) is 14.8. The normalized spacial score (nSPS) is 27.3. The van der Waals surface area contributed by atoms with E-state index in [2.05, 4.69) is 0 Å². The molecule has 1 aliphatic carbocycles. The van der Waals surface area contributed by atoms with Crippen molar-refractivity contribution in [1.82, 2.24) is 4.31 Å². The van der Waals surface area contributed by atoms with Gasteiger partial charge in [-0.15, -0.1) is 0 Å². The van der Waals surface area contributed by atoms with Crippen LogP contribution in [0.5, 0.6) is 0 Å². The second kappa shape index (κ2) is 5.57. The second-order valence-corrected chi connectivity index (χ2v) is 8.08. The van der Waals surface area contributed by atoms with Crippen molar-refractivity contribution in [2.45, 2.75) is 37.0 Å². The lowest BCUT2D eigenvalue weighted by Crippen LogP contribution is -2.44. The standard InChI is InChI=1S/C15H21FN2O2S/c16-14-6-5-13(9-15(14)17)21(19,20)18-8-7-11-3-1-2-4-12(11)10-18/h5-6,9,11-12H,1-4,7-8,10,17H2. The number of anilines is 1. The van der Waals surface area contributed by atoms with E-state index in [4.69, 9.17) is 5.73 Å². The van der Waals surface area contributed by atoms with Crippen molar-refractivity contribution in [2.75, 3.05) is 18.8 Å². The van der Waals surface area contributed by atoms with Crippen LogP contribution in [0.15, 0.2) is 23.1 Å². The van der Waals surface area contributed by atoms with E-state index in [-0.39, 0.29) is 10.6 Å². The average molecular weight is 312 g/mol. The molecule has 21 heavy (non-hydrogen) atoms. The zero-order valence-electron chi connectivity index (χ0n) is 12.0. The predicted octanol–water partition coefficient (Wildman–Crippen LogP) is 2.61. The Morgan fingerprint density at radius 2 is 1.86 bits per heavy atom. The minimum atomic E-state index is -3.57. The number of piperidine rings is 1. The van der Waals surface area contributed by atoms with E-state index in [0.29, 0.717) is 24.9 Å². The Morgan fingerprint density at radius 1 is 1.14 bits per heavy atom. The highest BCUT2D eigenvalue weighted by Gasteiger charge is 2.36. The van der Waals surface area contributed by atoms with Crippen LogP contribution in [0.2, 0.25) is 0 Å². The summed E-state index contributed by atoms with van der Waals surface area (Å²) < 4.78 is 40.1. The number of hydrogen-bond donors (Lipinski definition) is 1. The third-order valence-corrected chi connectivity index (χ3v) is 6.72. The number of nitrogens with zero attached hydrogens (tertiary/aromatic N) is 1. The molecule has 1 saturated heterocycles. The maximum atomic E-state index is 13.2. The molecule has 2 unspecified atom stereocenters. The molecule has 0 amide bonds. The number of fused-ring (bicyclic) bond motifs is 1. The van der Waals surface area contributed by atoms with Gasteiger partial charge in [0.15, 0.2) is 0 Å². The van der Waals surface area contributed by atoms with Gasteiger partial charge in [-0.3, -0.25) is 0 Å². The maximum Gasteiger partial charge on any atom is 0.243 e. The second-order valence-electron chi connectivity index (χ2n) is 6.14. The third-order valence-electron chi connectivity index (χ3n) is 4.86. The summed E-state index contributed by atoms with van der Waals surface area (Å²) in [7, 11) is -3.57. The summed E-state index contributed by atoms with van der Waals surface area (Å²) in [4.78, 5) is 0.0932. The van der Waals surface area contributed by atoms with Crippen LogP contribution in [0.3, 0.4) is 0 Å². The van der Waals surface area contributed by atoms with Crippen LogP contribution in [0.25, 0.3) is 0 Å². The maximum absolute atomic E-state index is 13.2. The Hall–Kier alpha value is -1.14. The van der Waals surface area contributed by atoms with Crippen molar-refractivity contribution in [3.8, 4) is 0 Å². The molecule has 1 heterocycles. The highest BCUT2D eigenvalue weighted by Crippen LogP contribution is 2.37. The fraction of sp³-hybridized carbons (Fsp3) is 0.600. The van der Waals surface area contributed by atoms with Crippen molar-refractivity contribution in [2.24, 2.45) is 11.8 Å². The third kappa shape index (κ3) is 2.79. The Labute approximate surface area is 125 Å². The van der Waals surface area contributed by atoms with Crippen LogP contribution in [-0.2, 0) is 10.0 Å². The molecule has 1 aromatic carbocycles. The molecule has 1 aliphatic heterocycles. The molecule has 2 N–H and O–H groups in total. The average Bonchev–Trinajstić information content (AvgIpc) is 2.49. The van der Waals surface area contributed by atoms with Crippen LogP contribution in [0.4, 0.5) is 10.1 Å². The molecule has 0 bridgehead atoms. The Morgan fingerprint density at radius 3 is 2.57 bits per heavy atom. The largest absolute Gasteiger partial charge is 0.396 e. The van der Waals surface area contributed by atoms with Crippen molar-refractivity contribution >= 4 is 15.7 Å². The molecule has 1 saturated carbocycles. The first-order valence-corrected chi connectivity index (χ1v) is 8.97. The lowest BCUT2D eigenvalue weighted by Gasteiger charge is -2.40. The van der Waals surface area contributed by atoms with Crippen molar-refractivity contribution in [3.05, 3.63) is 24.0 Å². The van der Waals surface area contributed by atoms with Crippen LogP contribution in [0, 0.1) is 17.7 Å². The number of nitrogens with two attached hydrogens (primary N) is 1. The van der Waals surface area contributed by atoms with Gasteiger partial charge in [0.1, 0.15) is 5.82 Å². The zero-order valence-corrected chi connectivity index (χ0v) is 12.8. The molecule has 3 rings (SSSR count). The molecule has 0 aromatic heterocycles. The first-order chi connectivity index (χ1) is 9.98. The van der Waals surface area contributed by atoms with Gasteiger partial charge in [0.05, 0.1) is 10.6 Å². The summed E-state index contributed by atoms with van der Waals surface area (Å²) >= 11 is 0. The fourth-order valence-corrected chi connectivity index (χ4v) is 5.16. The van der Waals surface area contributed by atoms with E-state index < -0.39 is 15.8 Å². The molecule has 2 aliphatic rings. The number of rotatable bonds is 2.